The average molecular weight is 269 g/mol. The number of anilines is 1. The smallest absolute Gasteiger partial charge is 0.319 e. The first-order chi connectivity index (χ1) is 8.66. The van der Waals surface area contributed by atoms with Crippen LogP contribution in [0.15, 0.2) is 24.3 Å². The van der Waals surface area contributed by atoms with Crippen LogP contribution in [0.4, 0.5) is 10.5 Å². The highest BCUT2D eigenvalue weighted by atomic mass is 35.5. The Hall–Kier alpha value is -1.26. The first kappa shape index (κ1) is 13.2. The third-order valence-electron chi connectivity index (χ3n) is 3.01. The summed E-state index contributed by atoms with van der Waals surface area (Å²) in [5.41, 5.74) is 0.583. The predicted octanol–water partition coefficient (Wildman–Crippen LogP) is 2.62. The molecule has 4 nitrogen and oxygen atoms in total. The number of aliphatic hydroxyl groups excluding tert-OH is 1. The van der Waals surface area contributed by atoms with Crippen LogP contribution in [0.5, 0.6) is 0 Å². The molecule has 0 unspecified atom stereocenters. The molecule has 1 aromatic carbocycles. The van der Waals surface area contributed by atoms with Gasteiger partial charge in [-0.3, -0.25) is 0 Å². The molecule has 0 heterocycles. The minimum Gasteiger partial charge on any atom is -0.393 e. The molecule has 0 saturated heterocycles. The number of halogens is 1. The quantitative estimate of drug-likeness (QED) is 0.769. The molecular formula is C13H17ClN2O2. The lowest BCUT2D eigenvalue weighted by atomic mass is 10.2. The molecule has 0 aromatic heterocycles. The van der Waals surface area contributed by atoms with E-state index >= 15 is 0 Å². The van der Waals surface area contributed by atoms with Crippen molar-refractivity contribution in [2.45, 2.75) is 25.4 Å². The normalized spacial score (nSPS) is 16.1. The fraction of sp³-hybridized carbons (Fsp3) is 0.462. The Labute approximate surface area is 111 Å². The zero-order chi connectivity index (χ0) is 13.0. The molecule has 1 aliphatic rings. The molecule has 2 rings (SSSR count). The lowest BCUT2D eigenvalue weighted by Gasteiger charge is -2.11. The minimum atomic E-state index is -0.300. The number of urea groups is 1. The number of rotatable bonds is 5. The standard InChI is InChI=1S/C13H17ClN2O2/c14-10-3-1-2-4-11(10)16-13(18)15-8-7-12(17)9-5-6-9/h1-4,9,12,17H,5-8H2,(H2,15,16,18)/t12-/m0/s1. The van der Waals surface area contributed by atoms with E-state index in [0.29, 0.717) is 29.6 Å². The van der Waals surface area contributed by atoms with Gasteiger partial charge in [0.2, 0.25) is 0 Å². The van der Waals surface area contributed by atoms with Crippen molar-refractivity contribution in [1.82, 2.24) is 5.32 Å². The van der Waals surface area contributed by atoms with Gasteiger partial charge in [-0.1, -0.05) is 23.7 Å². The van der Waals surface area contributed by atoms with Crippen LogP contribution >= 0.6 is 11.6 Å². The Balaban J connectivity index is 1.70. The molecule has 3 N–H and O–H groups in total. The average Bonchev–Trinajstić information content (AvgIpc) is 3.16. The molecule has 1 aromatic rings. The van der Waals surface area contributed by atoms with Crippen LogP contribution in [0, 0.1) is 5.92 Å². The summed E-state index contributed by atoms with van der Waals surface area (Å²) in [6, 6.07) is 6.76. The van der Waals surface area contributed by atoms with Gasteiger partial charge in [-0.2, -0.15) is 0 Å². The summed E-state index contributed by atoms with van der Waals surface area (Å²) in [5.74, 6) is 0.443. The number of hydrogen-bond donors (Lipinski definition) is 3. The minimum absolute atomic E-state index is 0.286. The number of carbonyl (C=O) groups is 1. The maximum absolute atomic E-state index is 11.6. The van der Waals surface area contributed by atoms with Crippen LogP contribution in [0.3, 0.4) is 0 Å². The molecule has 1 atom stereocenters. The van der Waals surface area contributed by atoms with E-state index in [1.54, 1.807) is 24.3 Å². The van der Waals surface area contributed by atoms with Crippen LogP contribution in [0.1, 0.15) is 19.3 Å². The van der Waals surface area contributed by atoms with E-state index in [9.17, 15) is 9.90 Å². The summed E-state index contributed by atoms with van der Waals surface area (Å²) < 4.78 is 0. The number of aliphatic hydroxyl groups is 1. The summed E-state index contributed by atoms with van der Waals surface area (Å²) >= 11 is 5.92. The maximum Gasteiger partial charge on any atom is 0.319 e. The van der Waals surface area contributed by atoms with Gasteiger partial charge in [-0.15, -0.1) is 0 Å². The summed E-state index contributed by atoms with van der Waals surface area (Å²) in [6.45, 7) is 0.466. The van der Waals surface area contributed by atoms with Crippen molar-refractivity contribution in [3.05, 3.63) is 29.3 Å². The van der Waals surface area contributed by atoms with Crippen molar-refractivity contribution in [3.63, 3.8) is 0 Å². The van der Waals surface area contributed by atoms with Crippen molar-refractivity contribution in [3.8, 4) is 0 Å². The zero-order valence-electron chi connectivity index (χ0n) is 10.0. The highest BCUT2D eigenvalue weighted by molar-refractivity contribution is 6.33. The Bertz CT molecular complexity index is 421. The highest BCUT2D eigenvalue weighted by Crippen LogP contribution is 2.33. The molecule has 0 bridgehead atoms. The van der Waals surface area contributed by atoms with Gasteiger partial charge in [0.05, 0.1) is 16.8 Å². The third kappa shape index (κ3) is 3.89. The molecule has 5 heteroatoms. The summed E-state index contributed by atoms with van der Waals surface area (Å²) in [4.78, 5) is 11.6. The van der Waals surface area contributed by atoms with Crippen molar-refractivity contribution >= 4 is 23.3 Å². The summed E-state index contributed by atoms with van der Waals surface area (Å²) in [5, 5.41) is 15.5. The topological polar surface area (TPSA) is 61.4 Å². The molecule has 1 aliphatic carbocycles. The van der Waals surface area contributed by atoms with E-state index in [-0.39, 0.29) is 12.1 Å². The van der Waals surface area contributed by atoms with Gasteiger partial charge in [-0.05, 0) is 37.3 Å². The third-order valence-corrected chi connectivity index (χ3v) is 3.34. The predicted molar refractivity (Wildman–Crippen MR) is 71.8 cm³/mol. The Morgan fingerprint density at radius 1 is 1.44 bits per heavy atom. The lowest BCUT2D eigenvalue weighted by Crippen LogP contribution is -2.31. The van der Waals surface area contributed by atoms with E-state index in [0.717, 1.165) is 12.8 Å². The van der Waals surface area contributed by atoms with Crippen LogP contribution < -0.4 is 10.6 Å². The van der Waals surface area contributed by atoms with Crippen molar-refractivity contribution in [2.75, 3.05) is 11.9 Å². The maximum atomic E-state index is 11.6. The zero-order valence-corrected chi connectivity index (χ0v) is 10.8. The fourth-order valence-electron chi connectivity index (χ4n) is 1.78. The molecule has 2 amide bonds. The van der Waals surface area contributed by atoms with Crippen molar-refractivity contribution in [1.29, 1.82) is 0 Å². The first-order valence-corrected chi connectivity index (χ1v) is 6.52. The van der Waals surface area contributed by atoms with Gasteiger partial charge in [0.25, 0.3) is 0 Å². The Morgan fingerprint density at radius 3 is 2.83 bits per heavy atom. The van der Waals surface area contributed by atoms with Crippen LogP contribution in [-0.2, 0) is 0 Å². The van der Waals surface area contributed by atoms with Crippen molar-refractivity contribution in [2.24, 2.45) is 5.92 Å². The number of carbonyl (C=O) groups excluding carboxylic acids is 1. The van der Waals surface area contributed by atoms with Crippen LogP contribution in [0.2, 0.25) is 5.02 Å². The van der Waals surface area contributed by atoms with E-state index in [4.69, 9.17) is 11.6 Å². The van der Waals surface area contributed by atoms with E-state index < -0.39 is 0 Å². The number of hydrogen-bond acceptors (Lipinski definition) is 2. The van der Waals surface area contributed by atoms with Gasteiger partial charge in [0, 0.05) is 6.54 Å². The molecule has 0 radical (unpaired) electrons. The SMILES string of the molecule is O=C(NCC[C@H](O)C1CC1)Nc1ccccc1Cl. The second-order valence-electron chi connectivity index (χ2n) is 4.55. The van der Waals surface area contributed by atoms with Gasteiger partial charge in [0.15, 0.2) is 0 Å². The second-order valence-corrected chi connectivity index (χ2v) is 4.96. The molecule has 1 fully saturated rings. The largest absolute Gasteiger partial charge is 0.393 e. The molecule has 0 spiro atoms. The van der Waals surface area contributed by atoms with Crippen LogP contribution in [-0.4, -0.2) is 23.8 Å². The molecule has 98 valence electrons. The van der Waals surface area contributed by atoms with Gasteiger partial charge in [0.1, 0.15) is 0 Å². The van der Waals surface area contributed by atoms with E-state index in [1.807, 2.05) is 0 Å². The Morgan fingerprint density at radius 2 is 2.17 bits per heavy atom. The van der Waals surface area contributed by atoms with Gasteiger partial charge in [-0.25, -0.2) is 4.79 Å². The summed E-state index contributed by atoms with van der Waals surface area (Å²) in [7, 11) is 0. The van der Waals surface area contributed by atoms with Crippen molar-refractivity contribution < 1.29 is 9.90 Å². The van der Waals surface area contributed by atoms with Gasteiger partial charge >= 0.3 is 6.03 Å². The molecular weight excluding hydrogens is 252 g/mol. The first-order valence-electron chi connectivity index (χ1n) is 6.14. The van der Waals surface area contributed by atoms with E-state index in [2.05, 4.69) is 10.6 Å². The Kier molecular flexibility index (Phi) is 4.44. The van der Waals surface area contributed by atoms with E-state index in [1.165, 1.54) is 0 Å². The van der Waals surface area contributed by atoms with Gasteiger partial charge < -0.3 is 15.7 Å². The summed E-state index contributed by atoms with van der Waals surface area (Å²) in [6.07, 6.45) is 2.52. The monoisotopic (exact) mass is 268 g/mol. The molecule has 18 heavy (non-hydrogen) atoms. The fourth-order valence-corrected chi connectivity index (χ4v) is 1.96. The number of benzene rings is 1. The molecule has 0 aliphatic heterocycles. The number of amides is 2. The number of para-hydroxylation sites is 1. The second kappa shape index (κ2) is 6.07. The van der Waals surface area contributed by atoms with Crippen LogP contribution in [0.25, 0.3) is 0 Å². The lowest BCUT2D eigenvalue weighted by molar-refractivity contribution is 0.142. The highest BCUT2D eigenvalue weighted by Gasteiger charge is 2.29. The number of nitrogens with one attached hydrogen (secondary N) is 2. The molecule has 1 saturated carbocycles.